The van der Waals surface area contributed by atoms with Gasteiger partial charge >= 0.3 is 0 Å². The van der Waals surface area contributed by atoms with E-state index in [1.165, 1.54) is 43.8 Å². The van der Waals surface area contributed by atoms with Crippen LogP contribution >= 0.6 is 0 Å². The number of hydrogen-bond acceptors (Lipinski definition) is 3. The molecule has 11 rings (SSSR count). The summed E-state index contributed by atoms with van der Waals surface area (Å²) in [4.78, 5) is 20.0. The van der Waals surface area contributed by atoms with Crippen molar-refractivity contribution >= 4 is 49.3 Å². The summed E-state index contributed by atoms with van der Waals surface area (Å²) in [6.07, 6.45) is 0. The molecule has 294 valence electrons. The Morgan fingerprint density at radius 3 is 1.19 bits per heavy atom. The zero-order valence-electron chi connectivity index (χ0n) is 34.8. The molecule has 11 aromatic rings. The Kier molecular flexibility index (Phi) is 8.66. The third kappa shape index (κ3) is 5.97. The van der Waals surface area contributed by atoms with Gasteiger partial charge in [0.25, 0.3) is 0 Å². The molecule has 0 N–H and O–H groups in total. The van der Waals surface area contributed by atoms with Crippen molar-refractivity contribution in [2.75, 3.05) is 0 Å². The molecule has 0 aliphatic carbocycles. The molecule has 3 heterocycles. The van der Waals surface area contributed by atoms with Crippen LogP contribution in [0.2, 0.25) is 0 Å². The summed E-state index contributed by atoms with van der Waals surface area (Å²) in [5, 5.41) is 4.68. The van der Waals surface area contributed by atoms with E-state index < -0.39 is 0 Å². The summed E-state index contributed by atoms with van der Waals surface area (Å²) in [6, 6.07) is 59.3. The van der Waals surface area contributed by atoms with E-state index in [1.54, 1.807) is 0 Å². The van der Waals surface area contributed by atoms with Crippen LogP contribution in [0.5, 0.6) is 0 Å². The molecular weight excluding hydrogens is 757 g/mol. The summed E-state index contributed by atoms with van der Waals surface area (Å²) in [7, 11) is 0. The Labute approximate surface area is 359 Å². The van der Waals surface area contributed by atoms with E-state index in [0.29, 0.717) is 23.2 Å². The molecule has 0 unspecified atom stereocenters. The van der Waals surface area contributed by atoms with Crippen LogP contribution in [0.1, 0.15) is 22.3 Å². The Hall–Kier alpha value is -8.14. The number of aryl methyl sites for hydroxylation is 4. The summed E-state index contributed by atoms with van der Waals surface area (Å²) in [6.45, 7) is 17.4. The Bertz CT molecular complexity index is 3450. The van der Waals surface area contributed by atoms with Gasteiger partial charge in [0.15, 0.2) is 23.2 Å². The molecule has 0 radical (unpaired) electrons. The van der Waals surface area contributed by atoms with Crippen molar-refractivity contribution in [3.63, 3.8) is 0 Å². The Morgan fingerprint density at radius 1 is 0.387 bits per heavy atom. The highest BCUT2D eigenvalue weighted by Gasteiger charge is 2.27. The molecule has 0 aliphatic heterocycles. The number of aromatic nitrogens is 5. The van der Waals surface area contributed by atoms with Gasteiger partial charge in [-0.15, -0.1) is 0 Å². The van der Waals surface area contributed by atoms with Gasteiger partial charge in [-0.1, -0.05) is 131 Å². The van der Waals surface area contributed by atoms with E-state index in [2.05, 4.69) is 139 Å². The van der Waals surface area contributed by atoms with Gasteiger partial charge in [-0.25, -0.2) is 19.8 Å². The third-order valence-corrected chi connectivity index (χ3v) is 12.0. The summed E-state index contributed by atoms with van der Waals surface area (Å²) < 4.78 is 4.70. The average Bonchev–Trinajstić information content (AvgIpc) is 3.79. The normalized spacial score (nSPS) is 11.5. The van der Waals surface area contributed by atoms with E-state index >= 15 is 0 Å². The van der Waals surface area contributed by atoms with Crippen LogP contribution in [-0.2, 0) is 0 Å². The standard InChI is InChI=1S/C56H40N6/c1-34-22-26-46-41(30-34)42-31-35(2)23-27-47(42)61(46)50-20-12-18-40(56-59-54(38-14-8-6-9-15-38)58-55(60-56)39-16-10-7-11-17-39)52(50)53-45(57-5)19-13-21-51(53)62-48-28-24-36(3)32-43(48)44-33-37(4)25-29-49(44)62/h6-33H,1-4H3. The lowest BCUT2D eigenvalue weighted by molar-refractivity contribution is 1.07. The summed E-state index contributed by atoms with van der Waals surface area (Å²) >= 11 is 0. The number of benzene rings is 8. The Morgan fingerprint density at radius 2 is 0.774 bits per heavy atom. The van der Waals surface area contributed by atoms with E-state index in [9.17, 15) is 0 Å². The second kappa shape index (κ2) is 14.5. The smallest absolute Gasteiger partial charge is 0.197 e. The number of fused-ring (bicyclic) bond motifs is 6. The van der Waals surface area contributed by atoms with Crippen molar-refractivity contribution < 1.29 is 0 Å². The quantitative estimate of drug-likeness (QED) is 0.158. The van der Waals surface area contributed by atoms with E-state index in [4.69, 9.17) is 21.5 Å². The first-order valence-electron chi connectivity index (χ1n) is 20.9. The van der Waals surface area contributed by atoms with Gasteiger partial charge in [0.1, 0.15) is 0 Å². The van der Waals surface area contributed by atoms with Crippen molar-refractivity contribution in [2.24, 2.45) is 0 Å². The van der Waals surface area contributed by atoms with Crippen LogP contribution in [0.25, 0.3) is 105 Å². The molecule has 0 fully saturated rings. The lowest BCUT2D eigenvalue weighted by Crippen LogP contribution is -2.06. The molecule has 0 spiro atoms. The first kappa shape index (κ1) is 36.9. The lowest BCUT2D eigenvalue weighted by atomic mass is 9.93. The highest BCUT2D eigenvalue weighted by Crippen LogP contribution is 2.48. The molecule has 0 atom stereocenters. The van der Waals surface area contributed by atoms with Crippen molar-refractivity contribution in [2.45, 2.75) is 27.7 Å². The minimum atomic E-state index is 0.515. The minimum Gasteiger partial charge on any atom is -0.310 e. The molecule has 0 amide bonds. The largest absolute Gasteiger partial charge is 0.310 e. The monoisotopic (exact) mass is 796 g/mol. The topological polar surface area (TPSA) is 52.9 Å². The highest BCUT2D eigenvalue weighted by molar-refractivity contribution is 6.13. The van der Waals surface area contributed by atoms with Crippen molar-refractivity contribution in [3.05, 3.63) is 204 Å². The fourth-order valence-electron chi connectivity index (χ4n) is 9.19. The second-order valence-corrected chi connectivity index (χ2v) is 16.3. The number of hydrogen-bond donors (Lipinski definition) is 0. The SMILES string of the molecule is [C-]#[N+]c1cccc(-n2c3ccc(C)cc3c3cc(C)ccc32)c1-c1c(-c2nc(-c3ccccc3)nc(-c3ccccc3)n2)cccc1-n1c2ccc(C)cc2c2cc(C)ccc21. The molecule has 8 aromatic carbocycles. The minimum absolute atomic E-state index is 0.515. The summed E-state index contributed by atoms with van der Waals surface area (Å²) in [5.74, 6) is 1.65. The second-order valence-electron chi connectivity index (χ2n) is 16.3. The first-order valence-corrected chi connectivity index (χ1v) is 20.9. The van der Waals surface area contributed by atoms with Crippen molar-refractivity contribution in [1.29, 1.82) is 0 Å². The summed E-state index contributed by atoms with van der Waals surface area (Å²) in [5.41, 5.74) is 15.6. The fourth-order valence-corrected chi connectivity index (χ4v) is 9.19. The molecule has 0 bridgehead atoms. The Balaban J connectivity index is 1.32. The highest BCUT2D eigenvalue weighted by atomic mass is 15.0. The van der Waals surface area contributed by atoms with Gasteiger partial charge in [0.2, 0.25) is 0 Å². The van der Waals surface area contributed by atoms with Crippen LogP contribution in [0.15, 0.2) is 170 Å². The average molecular weight is 797 g/mol. The zero-order valence-corrected chi connectivity index (χ0v) is 34.8. The maximum absolute atomic E-state index is 8.83. The molecule has 0 saturated heterocycles. The van der Waals surface area contributed by atoms with Crippen LogP contribution in [0.4, 0.5) is 5.69 Å². The maximum atomic E-state index is 8.83. The molecule has 6 nitrogen and oxygen atoms in total. The molecule has 0 saturated carbocycles. The first-order chi connectivity index (χ1) is 30.3. The van der Waals surface area contributed by atoms with E-state index in [1.807, 2.05) is 72.8 Å². The van der Waals surface area contributed by atoms with Gasteiger partial charge < -0.3 is 9.13 Å². The van der Waals surface area contributed by atoms with Gasteiger partial charge in [-0.2, -0.15) is 0 Å². The van der Waals surface area contributed by atoms with Gasteiger partial charge in [-0.05, 0) is 88.4 Å². The molecule has 62 heavy (non-hydrogen) atoms. The van der Waals surface area contributed by atoms with Crippen LogP contribution in [-0.4, -0.2) is 24.1 Å². The molecule has 3 aromatic heterocycles. The maximum Gasteiger partial charge on any atom is 0.197 e. The predicted octanol–water partition coefficient (Wildman–Crippen LogP) is 14.5. The number of nitrogens with zero attached hydrogens (tertiary/aromatic N) is 6. The van der Waals surface area contributed by atoms with Crippen LogP contribution in [0, 0.1) is 34.3 Å². The fraction of sp³-hybridized carbons (Fsp3) is 0.0714. The van der Waals surface area contributed by atoms with Crippen LogP contribution in [0.3, 0.4) is 0 Å². The van der Waals surface area contributed by atoms with Gasteiger partial charge in [0, 0.05) is 55.0 Å². The molecule has 0 aliphatic rings. The van der Waals surface area contributed by atoms with E-state index in [0.717, 1.165) is 61.3 Å². The lowest BCUT2D eigenvalue weighted by Gasteiger charge is -2.22. The van der Waals surface area contributed by atoms with Gasteiger partial charge in [0.05, 0.1) is 34.3 Å². The van der Waals surface area contributed by atoms with Crippen LogP contribution < -0.4 is 0 Å². The predicted molar refractivity (Wildman–Crippen MR) is 255 cm³/mol. The third-order valence-electron chi connectivity index (χ3n) is 12.0. The van der Waals surface area contributed by atoms with E-state index in [-0.39, 0.29) is 0 Å². The zero-order chi connectivity index (χ0) is 42.1. The molecule has 6 heteroatoms. The van der Waals surface area contributed by atoms with Crippen molar-refractivity contribution in [3.8, 4) is 56.7 Å². The van der Waals surface area contributed by atoms with Crippen molar-refractivity contribution in [1.82, 2.24) is 24.1 Å². The number of rotatable bonds is 6. The van der Waals surface area contributed by atoms with Gasteiger partial charge in [-0.3, -0.25) is 0 Å². The molecular formula is C56H40N6.